The predicted octanol–water partition coefficient (Wildman–Crippen LogP) is 2.48. The fourth-order valence-corrected chi connectivity index (χ4v) is 2.72. The highest BCUT2D eigenvalue weighted by atomic mass is 32.2. The molecule has 2 aromatic carbocycles. The normalized spacial score (nSPS) is 10.4. The van der Waals surface area contributed by atoms with Gasteiger partial charge in [-0.25, -0.2) is 12.8 Å². The van der Waals surface area contributed by atoms with Gasteiger partial charge in [-0.1, -0.05) is 12.0 Å². The van der Waals surface area contributed by atoms with E-state index in [-0.39, 0.29) is 16.1 Å². The molecule has 2 aromatic rings. The van der Waals surface area contributed by atoms with Gasteiger partial charge in [0.15, 0.2) is 0 Å². The molecule has 0 aliphatic carbocycles. The van der Waals surface area contributed by atoms with Gasteiger partial charge in [0, 0.05) is 5.56 Å². The van der Waals surface area contributed by atoms with Crippen molar-refractivity contribution >= 4 is 15.7 Å². The third-order valence-electron chi connectivity index (χ3n) is 2.65. The minimum absolute atomic E-state index is 0.202. The number of halogens is 1. The molecule has 0 saturated carbocycles. The summed E-state index contributed by atoms with van der Waals surface area (Å²) >= 11 is 0. The van der Waals surface area contributed by atoms with Crippen LogP contribution in [0.15, 0.2) is 47.4 Å². The summed E-state index contributed by atoms with van der Waals surface area (Å²) in [5, 5.41) is 8.74. The number of sulfonamides is 1. The summed E-state index contributed by atoms with van der Waals surface area (Å²) in [6.07, 6.45) is 5.24. The first-order valence-corrected chi connectivity index (χ1v) is 7.24. The van der Waals surface area contributed by atoms with Gasteiger partial charge in [0.25, 0.3) is 10.0 Å². The van der Waals surface area contributed by atoms with Crippen molar-refractivity contribution in [3.63, 3.8) is 0 Å². The minimum Gasteiger partial charge on any atom is -0.280 e. The molecule has 2 rings (SSSR count). The molecule has 0 aliphatic rings. The number of anilines is 1. The molecule has 0 fully saturated rings. The summed E-state index contributed by atoms with van der Waals surface area (Å²) < 4.78 is 39.9. The van der Waals surface area contributed by atoms with E-state index in [4.69, 9.17) is 11.7 Å². The Labute approximate surface area is 121 Å². The van der Waals surface area contributed by atoms with Crippen molar-refractivity contribution in [2.75, 3.05) is 4.72 Å². The summed E-state index contributed by atoms with van der Waals surface area (Å²) in [6, 6.07) is 10.9. The number of rotatable bonds is 3. The predicted molar refractivity (Wildman–Crippen MR) is 76.3 cm³/mol. The molecular weight excluding hydrogens is 291 g/mol. The standard InChI is InChI=1S/C15H9FN2O2S/c1-2-11-4-3-5-13(8-11)18-21(19,20)14-6-7-15(16)12(9-14)10-17/h1,3-9,18H. The van der Waals surface area contributed by atoms with Gasteiger partial charge in [0.2, 0.25) is 0 Å². The first-order chi connectivity index (χ1) is 9.96. The van der Waals surface area contributed by atoms with Crippen LogP contribution in [0.1, 0.15) is 11.1 Å². The molecule has 0 unspecified atom stereocenters. The lowest BCUT2D eigenvalue weighted by Crippen LogP contribution is -2.13. The monoisotopic (exact) mass is 300 g/mol. The average Bonchev–Trinajstić information content (AvgIpc) is 2.47. The molecule has 0 atom stereocenters. The van der Waals surface area contributed by atoms with Crippen LogP contribution in [-0.2, 0) is 10.0 Å². The Morgan fingerprint density at radius 1 is 1.19 bits per heavy atom. The second-order valence-electron chi connectivity index (χ2n) is 4.08. The molecule has 0 bridgehead atoms. The van der Waals surface area contributed by atoms with E-state index in [0.29, 0.717) is 5.56 Å². The van der Waals surface area contributed by atoms with Gasteiger partial charge >= 0.3 is 0 Å². The van der Waals surface area contributed by atoms with Crippen molar-refractivity contribution < 1.29 is 12.8 Å². The molecule has 4 nitrogen and oxygen atoms in total. The van der Waals surface area contributed by atoms with Crippen LogP contribution < -0.4 is 4.72 Å². The number of terminal acetylenes is 1. The molecule has 6 heteroatoms. The second kappa shape index (κ2) is 5.66. The number of nitrogens with zero attached hydrogens (tertiary/aromatic N) is 1. The van der Waals surface area contributed by atoms with Gasteiger partial charge in [0.1, 0.15) is 11.9 Å². The summed E-state index contributed by atoms with van der Waals surface area (Å²) in [5.74, 6) is 1.62. The van der Waals surface area contributed by atoms with E-state index in [2.05, 4.69) is 10.6 Å². The molecule has 0 aromatic heterocycles. The van der Waals surface area contributed by atoms with Crippen LogP contribution in [0.3, 0.4) is 0 Å². The highest BCUT2D eigenvalue weighted by Gasteiger charge is 2.16. The highest BCUT2D eigenvalue weighted by Crippen LogP contribution is 2.19. The van der Waals surface area contributed by atoms with Crippen LogP contribution in [-0.4, -0.2) is 8.42 Å². The summed E-state index contributed by atoms with van der Waals surface area (Å²) in [5.41, 5.74) is 0.468. The van der Waals surface area contributed by atoms with E-state index in [1.54, 1.807) is 18.2 Å². The van der Waals surface area contributed by atoms with Crippen LogP contribution in [0, 0.1) is 29.5 Å². The first kappa shape index (κ1) is 14.6. The Kier molecular flexibility index (Phi) is 3.93. The molecule has 0 amide bonds. The van der Waals surface area contributed by atoms with Gasteiger partial charge in [-0.05, 0) is 36.4 Å². The fourth-order valence-electron chi connectivity index (χ4n) is 1.64. The lowest BCUT2D eigenvalue weighted by Gasteiger charge is -2.08. The van der Waals surface area contributed by atoms with Crippen LogP contribution >= 0.6 is 0 Å². The van der Waals surface area contributed by atoms with E-state index in [9.17, 15) is 12.8 Å². The summed E-state index contributed by atoms with van der Waals surface area (Å²) in [4.78, 5) is -0.202. The number of benzene rings is 2. The third kappa shape index (κ3) is 3.19. The summed E-state index contributed by atoms with van der Waals surface area (Å²) in [7, 11) is -3.92. The van der Waals surface area contributed by atoms with Gasteiger partial charge in [-0.3, -0.25) is 4.72 Å². The van der Waals surface area contributed by atoms with E-state index in [1.807, 2.05) is 0 Å². The fraction of sp³-hybridized carbons (Fsp3) is 0. The zero-order valence-electron chi connectivity index (χ0n) is 10.7. The maximum Gasteiger partial charge on any atom is 0.261 e. The van der Waals surface area contributed by atoms with Crippen molar-refractivity contribution in [1.29, 1.82) is 5.26 Å². The molecule has 0 spiro atoms. The molecule has 104 valence electrons. The molecule has 0 radical (unpaired) electrons. The highest BCUT2D eigenvalue weighted by molar-refractivity contribution is 7.92. The van der Waals surface area contributed by atoms with E-state index < -0.39 is 15.8 Å². The van der Waals surface area contributed by atoms with Crippen molar-refractivity contribution in [3.8, 4) is 18.4 Å². The van der Waals surface area contributed by atoms with E-state index in [1.165, 1.54) is 12.1 Å². The maximum absolute atomic E-state index is 13.2. The average molecular weight is 300 g/mol. The largest absolute Gasteiger partial charge is 0.280 e. The number of hydrogen-bond donors (Lipinski definition) is 1. The first-order valence-electron chi connectivity index (χ1n) is 5.75. The number of nitrogens with one attached hydrogen (secondary N) is 1. The smallest absolute Gasteiger partial charge is 0.261 e. The quantitative estimate of drug-likeness (QED) is 0.885. The van der Waals surface area contributed by atoms with E-state index in [0.717, 1.165) is 18.2 Å². The summed E-state index contributed by atoms with van der Waals surface area (Å²) in [6.45, 7) is 0. The van der Waals surface area contributed by atoms with Crippen molar-refractivity contribution in [2.45, 2.75) is 4.90 Å². The Morgan fingerprint density at radius 2 is 1.95 bits per heavy atom. The Hall–Kier alpha value is -2.83. The Balaban J connectivity index is 2.39. The van der Waals surface area contributed by atoms with Crippen LogP contribution in [0.25, 0.3) is 0 Å². The molecule has 0 aliphatic heterocycles. The van der Waals surface area contributed by atoms with Crippen molar-refractivity contribution in [1.82, 2.24) is 0 Å². The third-order valence-corrected chi connectivity index (χ3v) is 4.03. The SMILES string of the molecule is C#Cc1cccc(NS(=O)(=O)c2ccc(F)c(C#N)c2)c1. The topological polar surface area (TPSA) is 70.0 Å². The zero-order valence-corrected chi connectivity index (χ0v) is 11.5. The zero-order chi connectivity index (χ0) is 15.5. The van der Waals surface area contributed by atoms with Gasteiger partial charge in [-0.2, -0.15) is 5.26 Å². The van der Waals surface area contributed by atoms with Crippen LogP contribution in [0.4, 0.5) is 10.1 Å². The maximum atomic E-state index is 13.2. The molecule has 1 N–H and O–H groups in total. The van der Waals surface area contributed by atoms with Crippen molar-refractivity contribution in [3.05, 3.63) is 59.4 Å². The van der Waals surface area contributed by atoms with Gasteiger partial charge in [-0.15, -0.1) is 6.42 Å². The molecular formula is C15H9FN2O2S. The lowest BCUT2D eigenvalue weighted by molar-refractivity contribution is 0.599. The lowest BCUT2D eigenvalue weighted by atomic mass is 10.2. The van der Waals surface area contributed by atoms with Crippen LogP contribution in [0.5, 0.6) is 0 Å². The molecule has 21 heavy (non-hydrogen) atoms. The Bertz CT molecular complexity index is 877. The number of hydrogen-bond acceptors (Lipinski definition) is 3. The number of nitriles is 1. The van der Waals surface area contributed by atoms with Crippen LogP contribution in [0.2, 0.25) is 0 Å². The van der Waals surface area contributed by atoms with Gasteiger partial charge < -0.3 is 0 Å². The van der Waals surface area contributed by atoms with Crippen molar-refractivity contribution in [2.24, 2.45) is 0 Å². The van der Waals surface area contributed by atoms with E-state index >= 15 is 0 Å². The Morgan fingerprint density at radius 3 is 2.62 bits per heavy atom. The second-order valence-corrected chi connectivity index (χ2v) is 5.77. The molecule has 0 heterocycles. The minimum atomic E-state index is -3.92. The van der Waals surface area contributed by atoms with Gasteiger partial charge in [0.05, 0.1) is 16.1 Å². The molecule has 0 saturated heterocycles.